The predicted molar refractivity (Wildman–Crippen MR) is 121 cm³/mol. The van der Waals surface area contributed by atoms with Crippen molar-refractivity contribution >= 4 is 0 Å². The first kappa shape index (κ1) is 22.0. The molecule has 0 radical (unpaired) electrons. The standard InChI is InChI=1S/C27H42O5/c1-15-11-22(29)27(31-14-15)16(2)23-21(32-27)13-26(30)20-6-5-17-12-18(28)7-9-24(17,3)19(20)8-10-25(23,26)4/h5,15-16,18-23,28-30H,6-14H2,1-4H3/t15-,16+,18+,19+,20-,21+,22+,23+,24+,25-,26-,27+/m1/s1. The van der Waals surface area contributed by atoms with Crippen molar-refractivity contribution in [2.75, 3.05) is 6.61 Å². The Morgan fingerprint density at radius 1 is 1.06 bits per heavy atom. The van der Waals surface area contributed by atoms with Gasteiger partial charge in [0.05, 0.1) is 24.4 Å². The zero-order valence-electron chi connectivity index (χ0n) is 20.2. The monoisotopic (exact) mass is 446 g/mol. The van der Waals surface area contributed by atoms with Crippen molar-refractivity contribution < 1.29 is 24.8 Å². The summed E-state index contributed by atoms with van der Waals surface area (Å²) in [7, 11) is 0. The van der Waals surface area contributed by atoms with Crippen molar-refractivity contribution in [3.63, 3.8) is 0 Å². The average molecular weight is 447 g/mol. The molecule has 3 N–H and O–H groups in total. The Morgan fingerprint density at radius 3 is 2.59 bits per heavy atom. The van der Waals surface area contributed by atoms with Gasteiger partial charge < -0.3 is 24.8 Å². The molecule has 5 heteroatoms. The third-order valence-corrected chi connectivity index (χ3v) is 11.5. The Morgan fingerprint density at radius 2 is 1.84 bits per heavy atom. The molecule has 1 spiro atoms. The number of aliphatic hydroxyl groups is 3. The van der Waals surface area contributed by atoms with E-state index in [1.165, 1.54) is 5.57 Å². The maximum absolute atomic E-state index is 12.5. The minimum atomic E-state index is -0.909. The van der Waals surface area contributed by atoms with Crippen LogP contribution < -0.4 is 0 Å². The van der Waals surface area contributed by atoms with Crippen LogP contribution in [0.2, 0.25) is 0 Å². The van der Waals surface area contributed by atoms with E-state index in [0.717, 1.165) is 38.5 Å². The van der Waals surface area contributed by atoms with Gasteiger partial charge in [-0.3, -0.25) is 0 Å². The molecule has 6 rings (SSSR count). The van der Waals surface area contributed by atoms with E-state index in [1.807, 2.05) is 0 Å². The Balaban J connectivity index is 1.33. The summed E-state index contributed by atoms with van der Waals surface area (Å²) in [6.45, 7) is 9.63. The molecule has 5 nitrogen and oxygen atoms in total. The van der Waals surface area contributed by atoms with Crippen molar-refractivity contribution in [3.8, 4) is 0 Å². The highest BCUT2D eigenvalue weighted by Gasteiger charge is 2.75. The summed E-state index contributed by atoms with van der Waals surface area (Å²) in [4.78, 5) is 0. The van der Waals surface area contributed by atoms with Gasteiger partial charge in [0.1, 0.15) is 6.10 Å². The van der Waals surface area contributed by atoms with Crippen LogP contribution in [0.5, 0.6) is 0 Å². The van der Waals surface area contributed by atoms with E-state index < -0.39 is 17.5 Å². The highest BCUT2D eigenvalue weighted by atomic mass is 16.7. The Kier molecular flexibility index (Phi) is 4.69. The molecule has 4 aliphatic carbocycles. The van der Waals surface area contributed by atoms with Crippen molar-refractivity contribution in [3.05, 3.63) is 11.6 Å². The predicted octanol–water partition coefficient (Wildman–Crippen LogP) is 3.80. The fourth-order valence-corrected chi connectivity index (χ4v) is 9.77. The second-order valence-corrected chi connectivity index (χ2v) is 12.9. The molecule has 6 aliphatic rings. The van der Waals surface area contributed by atoms with Gasteiger partial charge in [-0.15, -0.1) is 0 Å². The zero-order chi connectivity index (χ0) is 22.7. The van der Waals surface area contributed by atoms with Gasteiger partial charge in [0, 0.05) is 23.7 Å². The molecule has 0 aromatic rings. The van der Waals surface area contributed by atoms with Gasteiger partial charge in [0.2, 0.25) is 0 Å². The molecule has 0 aromatic carbocycles. The van der Waals surface area contributed by atoms with E-state index in [4.69, 9.17) is 9.47 Å². The number of rotatable bonds is 0. The number of hydrogen-bond donors (Lipinski definition) is 3. The van der Waals surface area contributed by atoms with Crippen LogP contribution in [-0.4, -0.2) is 51.6 Å². The van der Waals surface area contributed by atoms with Crippen LogP contribution in [0.4, 0.5) is 0 Å². The number of ether oxygens (including phenoxy) is 2. The lowest BCUT2D eigenvalue weighted by Gasteiger charge is -2.61. The minimum absolute atomic E-state index is 0.0562. The van der Waals surface area contributed by atoms with Gasteiger partial charge in [-0.05, 0) is 68.1 Å². The summed E-state index contributed by atoms with van der Waals surface area (Å²) in [6.07, 6.45) is 8.57. The van der Waals surface area contributed by atoms with Crippen LogP contribution in [0.15, 0.2) is 11.6 Å². The molecule has 3 saturated carbocycles. The average Bonchev–Trinajstić information content (AvgIpc) is 3.14. The highest BCUT2D eigenvalue weighted by Crippen LogP contribution is 2.72. The van der Waals surface area contributed by atoms with Crippen molar-refractivity contribution in [1.82, 2.24) is 0 Å². The maximum Gasteiger partial charge on any atom is 0.197 e. The number of aliphatic hydroxyl groups excluding tert-OH is 2. The fourth-order valence-electron chi connectivity index (χ4n) is 9.77. The SMILES string of the molecule is C[C@H]1CO[C@@]2(O[C@H]3C[C@@]4(O)[C@@H]5CC=C6C[C@@H](O)CC[C@]6(C)[C@H]5CC[C@]4(C)[C@H]3[C@@H]2C)[C@@H](O)C1. The van der Waals surface area contributed by atoms with Crippen LogP contribution in [0.25, 0.3) is 0 Å². The van der Waals surface area contributed by atoms with Crippen LogP contribution in [0.3, 0.4) is 0 Å². The summed E-state index contributed by atoms with van der Waals surface area (Å²) in [5.74, 6) is 0.387. The molecule has 32 heavy (non-hydrogen) atoms. The quantitative estimate of drug-likeness (QED) is 0.493. The van der Waals surface area contributed by atoms with E-state index in [0.29, 0.717) is 31.3 Å². The highest BCUT2D eigenvalue weighted by molar-refractivity contribution is 5.29. The first-order valence-electron chi connectivity index (χ1n) is 13.1. The lowest BCUT2D eigenvalue weighted by Crippen LogP contribution is -2.62. The summed E-state index contributed by atoms with van der Waals surface area (Å²) in [6, 6.07) is 0. The van der Waals surface area contributed by atoms with Gasteiger partial charge >= 0.3 is 0 Å². The summed E-state index contributed by atoms with van der Waals surface area (Å²) in [5.41, 5.74) is 0.543. The van der Waals surface area contributed by atoms with E-state index in [9.17, 15) is 15.3 Å². The van der Waals surface area contributed by atoms with Crippen LogP contribution in [-0.2, 0) is 9.47 Å². The molecule has 12 atom stereocenters. The Bertz CT molecular complexity index is 827. The van der Waals surface area contributed by atoms with Crippen LogP contribution in [0, 0.1) is 40.4 Å². The molecule has 2 aliphatic heterocycles. The smallest absolute Gasteiger partial charge is 0.197 e. The molecular formula is C27H42O5. The van der Waals surface area contributed by atoms with E-state index in [-0.39, 0.29) is 40.8 Å². The van der Waals surface area contributed by atoms with E-state index >= 15 is 0 Å². The molecule has 0 amide bonds. The zero-order valence-corrected chi connectivity index (χ0v) is 20.2. The molecule has 0 aromatic heterocycles. The van der Waals surface area contributed by atoms with Gasteiger partial charge in [-0.1, -0.05) is 39.3 Å². The van der Waals surface area contributed by atoms with Gasteiger partial charge in [-0.25, -0.2) is 0 Å². The van der Waals surface area contributed by atoms with E-state index in [2.05, 4.69) is 33.8 Å². The fraction of sp³-hybridized carbons (Fsp3) is 0.926. The summed E-state index contributed by atoms with van der Waals surface area (Å²) < 4.78 is 12.9. The molecule has 5 fully saturated rings. The Labute approximate surface area is 192 Å². The second kappa shape index (κ2) is 6.81. The maximum atomic E-state index is 12.5. The second-order valence-electron chi connectivity index (χ2n) is 12.9. The Hall–Kier alpha value is -0.460. The summed E-state index contributed by atoms with van der Waals surface area (Å²) in [5, 5.41) is 33.8. The van der Waals surface area contributed by atoms with Crippen molar-refractivity contribution in [2.45, 2.75) is 109 Å². The molecular weight excluding hydrogens is 404 g/mol. The molecule has 2 saturated heterocycles. The number of fused-ring (bicyclic) bond motifs is 7. The third kappa shape index (κ3) is 2.53. The lowest BCUT2D eigenvalue weighted by molar-refractivity contribution is -0.320. The number of allylic oxidation sites excluding steroid dienone is 1. The summed E-state index contributed by atoms with van der Waals surface area (Å²) >= 11 is 0. The van der Waals surface area contributed by atoms with Crippen molar-refractivity contribution in [2.24, 2.45) is 40.4 Å². The molecule has 0 bridgehead atoms. The molecule has 0 unspecified atom stereocenters. The minimum Gasteiger partial charge on any atom is -0.393 e. The van der Waals surface area contributed by atoms with Gasteiger partial charge in [0.25, 0.3) is 0 Å². The third-order valence-electron chi connectivity index (χ3n) is 11.5. The molecule has 180 valence electrons. The molecule has 2 heterocycles. The topological polar surface area (TPSA) is 79.2 Å². The normalized spacial score (nSPS) is 61.5. The van der Waals surface area contributed by atoms with E-state index in [1.54, 1.807) is 0 Å². The van der Waals surface area contributed by atoms with Gasteiger partial charge in [0.15, 0.2) is 5.79 Å². The first-order chi connectivity index (χ1) is 15.0. The first-order valence-corrected chi connectivity index (χ1v) is 13.1. The van der Waals surface area contributed by atoms with Crippen LogP contribution in [0.1, 0.15) is 79.1 Å². The van der Waals surface area contributed by atoms with Crippen LogP contribution >= 0.6 is 0 Å². The number of hydrogen-bond acceptors (Lipinski definition) is 5. The van der Waals surface area contributed by atoms with Crippen molar-refractivity contribution in [1.29, 1.82) is 0 Å². The van der Waals surface area contributed by atoms with Gasteiger partial charge in [-0.2, -0.15) is 0 Å². The largest absolute Gasteiger partial charge is 0.393 e. The lowest BCUT2D eigenvalue weighted by atomic mass is 9.45.